The first kappa shape index (κ1) is 15.5. The van der Waals surface area contributed by atoms with Gasteiger partial charge in [0.1, 0.15) is 0 Å². The fourth-order valence-corrected chi connectivity index (χ4v) is 5.53. The summed E-state index contributed by atoms with van der Waals surface area (Å²) in [6.07, 6.45) is 2.08. The van der Waals surface area contributed by atoms with E-state index in [0.717, 1.165) is 5.69 Å². The van der Waals surface area contributed by atoms with Crippen LogP contribution >= 0.6 is 11.3 Å². The van der Waals surface area contributed by atoms with Gasteiger partial charge in [-0.15, -0.1) is 11.3 Å². The minimum absolute atomic E-state index is 1.08. The lowest BCUT2D eigenvalue weighted by Gasteiger charge is -2.16. The molecule has 4 rings (SSSR count). The van der Waals surface area contributed by atoms with Crippen molar-refractivity contribution in [3.63, 3.8) is 0 Å². The third kappa shape index (κ3) is 2.48. The first-order chi connectivity index (χ1) is 11.4. The van der Waals surface area contributed by atoms with Gasteiger partial charge in [-0.3, -0.25) is 4.98 Å². The first-order valence-electron chi connectivity index (χ1n) is 8.33. The molecule has 0 aliphatic carbocycles. The van der Waals surface area contributed by atoms with Crippen molar-refractivity contribution < 1.29 is 0 Å². The Hall–Kier alpha value is -1.97. The summed E-state index contributed by atoms with van der Waals surface area (Å²) >= 11 is 1.88. The Morgan fingerprint density at radius 1 is 0.917 bits per heavy atom. The van der Waals surface area contributed by atoms with Gasteiger partial charge >= 0.3 is 0 Å². The Morgan fingerprint density at radius 3 is 2.42 bits per heavy atom. The number of nitrogens with zero attached hydrogens (tertiary/aromatic N) is 1. The quantitative estimate of drug-likeness (QED) is 0.407. The van der Waals surface area contributed by atoms with E-state index in [0.29, 0.717) is 0 Å². The molecule has 0 aliphatic heterocycles. The standard InChI is InChI=1S/C21H21NSSi/c1-14-9-11-16(18-12-10-15(13-22-18)24(2,3)4)21-20(14)17-7-5-6-8-19(17)23-21/h5-13H,1-4H3. The molecule has 0 aliphatic rings. The molecule has 1 nitrogen and oxygen atoms in total. The minimum atomic E-state index is -1.31. The Labute approximate surface area is 148 Å². The van der Waals surface area contributed by atoms with Crippen LogP contribution in [-0.2, 0) is 0 Å². The molecule has 2 aromatic heterocycles. The van der Waals surface area contributed by atoms with Crippen molar-refractivity contribution in [2.75, 3.05) is 0 Å². The Balaban J connectivity index is 1.96. The van der Waals surface area contributed by atoms with Crippen LogP contribution in [0.1, 0.15) is 5.56 Å². The molecule has 0 fully saturated rings. The Kier molecular flexibility index (Phi) is 3.59. The number of benzene rings is 2. The molecule has 2 aromatic carbocycles. The summed E-state index contributed by atoms with van der Waals surface area (Å²) in [6.45, 7) is 9.28. The third-order valence-corrected chi connectivity index (χ3v) is 7.87. The van der Waals surface area contributed by atoms with Crippen molar-refractivity contribution in [2.24, 2.45) is 0 Å². The molecule has 3 heteroatoms. The van der Waals surface area contributed by atoms with Crippen molar-refractivity contribution in [1.29, 1.82) is 0 Å². The van der Waals surface area contributed by atoms with E-state index in [9.17, 15) is 0 Å². The highest BCUT2D eigenvalue weighted by molar-refractivity contribution is 7.26. The van der Waals surface area contributed by atoms with Crippen LogP contribution in [-0.4, -0.2) is 13.1 Å². The smallest absolute Gasteiger partial charge is 0.0796 e. The van der Waals surface area contributed by atoms with Gasteiger partial charge in [-0.05, 0) is 29.8 Å². The molecule has 0 saturated heterocycles. The molecule has 4 aromatic rings. The highest BCUT2D eigenvalue weighted by Gasteiger charge is 2.18. The topological polar surface area (TPSA) is 12.9 Å². The zero-order valence-corrected chi connectivity index (χ0v) is 16.4. The largest absolute Gasteiger partial charge is 0.256 e. The summed E-state index contributed by atoms with van der Waals surface area (Å²) in [5.41, 5.74) is 3.66. The highest BCUT2D eigenvalue weighted by Crippen LogP contribution is 2.40. The number of fused-ring (bicyclic) bond motifs is 3. The fraction of sp³-hybridized carbons (Fsp3) is 0.190. The van der Waals surface area contributed by atoms with Gasteiger partial charge in [0, 0.05) is 31.9 Å². The lowest BCUT2D eigenvalue weighted by atomic mass is 10.0. The van der Waals surface area contributed by atoms with Crippen LogP contribution in [0, 0.1) is 6.92 Å². The van der Waals surface area contributed by atoms with Gasteiger partial charge in [0.25, 0.3) is 0 Å². The molecule has 0 N–H and O–H groups in total. The summed E-state index contributed by atoms with van der Waals surface area (Å²) in [5, 5.41) is 4.14. The van der Waals surface area contributed by atoms with Gasteiger partial charge in [0.2, 0.25) is 0 Å². The van der Waals surface area contributed by atoms with E-state index in [1.165, 1.54) is 36.5 Å². The molecule has 0 saturated carbocycles. The van der Waals surface area contributed by atoms with E-state index < -0.39 is 8.07 Å². The molecule has 0 spiro atoms. The second-order valence-electron chi connectivity index (χ2n) is 7.41. The molecular weight excluding hydrogens is 326 g/mol. The minimum Gasteiger partial charge on any atom is -0.256 e. The summed E-state index contributed by atoms with van der Waals surface area (Å²) in [6, 6.07) is 17.6. The van der Waals surface area contributed by atoms with Crippen molar-refractivity contribution >= 4 is 44.8 Å². The van der Waals surface area contributed by atoms with Crippen LogP contribution < -0.4 is 5.19 Å². The second-order valence-corrected chi connectivity index (χ2v) is 13.5. The Bertz CT molecular complexity index is 1040. The van der Waals surface area contributed by atoms with E-state index >= 15 is 0 Å². The average Bonchev–Trinajstić information content (AvgIpc) is 2.95. The zero-order valence-electron chi connectivity index (χ0n) is 14.6. The molecule has 0 unspecified atom stereocenters. The van der Waals surface area contributed by atoms with Crippen LogP contribution in [0.15, 0.2) is 54.7 Å². The van der Waals surface area contributed by atoms with E-state index in [1.807, 2.05) is 11.3 Å². The molecule has 120 valence electrons. The second kappa shape index (κ2) is 5.54. The molecule has 0 atom stereocenters. The zero-order chi connectivity index (χ0) is 16.9. The third-order valence-electron chi connectivity index (χ3n) is 4.64. The van der Waals surface area contributed by atoms with Gasteiger partial charge in [0.05, 0.1) is 13.8 Å². The van der Waals surface area contributed by atoms with Crippen LogP contribution in [0.3, 0.4) is 0 Å². The normalized spacial score (nSPS) is 12.2. The van der Waals surface area contributed by atoms with Gasteiger partial charge < -0.3 is 0 Å². The van der Waals surface area contributed by atoms with Gasteiger partial charge in [-0.1, -0.05) is 56.0 Å². The number of aryl methyl sites for hydroxylation is 1. The predicted octanol–water partition coefficient (Wildman–Crippen LogP) is 5.97. The molecule has 0 bridgehead atoms. The van der Waals surface area contributed by atoms with Crippen molar-refractivity contribution in [2.45, 2.75) is 26.6 Å². The molecule has 2 heterocycles. The lowest BCUT2D eigenvalue weighted by molar-refractivity contribution is 1.34. The van der Waals surface area contributed by atoms with Crippen LogP contribution in [0.4, 0.5) is 0 Å². The monoisotopic (exact) mass is 347 g/mol. The van der Waals surface area contributed by atoms with Gasteiger partial charge in [-0.25, -0.2) is 0 Å². The summed E-state index contributed by atoms with van der Waals surface area (Å²) in [5.74, 6) is 0. The fourth-order valence-electron chi connectivity index (χ4n) is 3.19. The van der Waals surface area contributed by atoms with Gasteiger partial charge in [-0.2, -0.15) is 0 Å². The lowest BCUT2D eigenvalue weighted by Crippen LogP contribution is -2.37. The van der Waals surface area contributed by atoms with Crippen LogP contribution in [0.2, 0.25) is 19.6 Å². The maximum absolute atomic E-state index is 4.81. The van der Waals surface area contributed by atoms with Crippen LogP contribution in [0.25, 0.3) is 31.4 Å². The predicted molar refractivity (Wildman–Crippen MR) is 110 cm³/mol. The molecule has 0 radical (unpaired) electrons. The van der Waals surface area contributed by atoms with E-state index in [2.05, 4.69) is 81.3 Å². The van der Waals surface area contributed by atoms with E-state index in [4.69, 9.17) is 4.98 Å². The molecule has 24 heavy (non-hydrogen) atoms. The maximum Gasteiger partial charge on any atom is 0.0796 e. The summed E-state index contributed by atoms with van der Waals surface area (Å²) in [4.78, 5) is 4.81. The first-order valence-corrected chi connectivity index (χ1v) is 12.6. The van der Waals surface area contributed by atoms with Crippen LogP contribution in [0.5, 0.6) is 0 Å². The van der Waals surface area contributed by atoms with Crippen molar-refractivity contribution in [3.05, 3.63) is 60.3 Å². The molecule has 0 amide bonds. The van der Waals surface area contributed by atoms with E-state index in [-0.39, 0.29) is 0 Å². The SMILES string of the molecule is Cc1ccc(-c2ccc([Si](C)(C)C)cn2)c2sc3ccccc3c12. The maximum atomic E-state index is 4.81. The summed E-state index contributed by atoms with van der Waals surface area (Å²) in [7, 11) is -1.31. The number of hydrogen-bond donors (Lipinski definition) is 0. The number of aromatic nitrogens is 1. The van der Waals surface area contributed by atoms with E-state index in [1.54, 1.807) is 0 Å². The number of thiophene rings is 1. The number of hydrogen-bond acceptors (Lipinski definition) is 2. The highest BCUT2D eigenvalue weighted by atomic mass is 32.1. The number of rotatable bonds is 2. The van der Waals surface area contributed by atoms with Crippen molar-refractivity contribution in [3.8, 4) is 11.3 Å². The van der Waals surface area contributed by atoms with Gasteiger partial charge in [0.15, 0.2) is 0 Å². The summed E-state index contributed by atoms with van der Waals surface area (Å²) < 4.78 is 2.70. The molecular formula is C21H21NSSi. The Morgan fingerprint density at radius 2 is 1.71 bits per heavy atom. The van der Waals surface area contributed by atoms with Crippen molar-refractivity contribution in [1.82, 2.24) is 4.98 Å². The number of pyridine rings is 1. The average molecular weight is 348 g/mol.